The molecule has 6 heteroatoms. The third kappa shape index (κ3) is 12.6. The van der Waals surface area contributed by atoms with Gasteiger partial charge in [-0.3, -0.25) is 4.79 Å². The Bertz CT molecular complexity index is 275. The van der Waals surface area contributed by atoms with Crippen molar-refractivity contribution in [1.29, 1.82) is 0 Å². The van der Waals surface area contributed by atoms with Crippen LogP contribution in [0, 0.1) is 5.92 Å². The maximum Gasteiger partial charge on any atom is 0.307 e. The predicted molar refractivity (Wildman–Crippen MR) is 97.0 cm³/mol. The van der Waals surface area contributed by atoms with Gasteiger partial charge in [-0.05, 0) is 12.3 Å². The molecule has 0 amide bonds. The minimum Gasteiger partial charge on any atom is -0.462 e. The van der Waals surface area contributed by atoms with Gasteiger partial charge in [0, 0.05) is 16.8 Å². The molecule has 22 heavy (non-hydrogen) atoms. The molecule has 0 radical (unpaired) electrons. The fourth-order valence-corrected chi connectivity index (χ4v) is 2.90. The Labute approximate surface area is 145 Å². The SMILES string of the molecule is CCC(OC(=O)CC(C)SCCOCCOCCS)C(C)C. The molecule has 0 fully saturated rings. The number of carbonyl (C=O) groups is 1. The second kappa shape index (κ2) is 14.7. The van der Waals surface area contributed by atoms with E-state index in [9.17, 15) is 4.79 Å². The van der Waals surface area contributed by atoms with Crippen LogP contribution in [-0.4, -0.2) is 55.3 Å². The van der Waals surface area contributed by atoms with Gasteiger partial charge in [-0.15, -0.1) is 0 Å². The maximum absolute atomic E-state index is 11.9. The Morgan fingerprint density at radius 2 is 1.73 bits per heavy atom. The molecule has 0 saturated carbocycles. The Morgan fingerprint density at radius 3 is 2.27 bits per heavy atom. The second-order valence-corrected chi connectivity index (χ2v) is 7.51. The van der Waals surface area contributed by atoms with E-state index in [1.165, 1.54) is 0 Å². The van der Waals surface area contributed by atoms with Crippen molar-refractivity contribution >= 4 is 30.4 Å². The molecule has 0 aliphatic carbocycles. The molecule has 4 nitrogen and oxygen atoms in total. The number of rotatable bonds is 14. The van der Waals surface area contributed by atoms with E-state index in [2.05, 4.69) is 33.4 Å². The fraction of sp³-hybridized carbons (Fsp3) is 0.938. The molecule has 2 unspecified atom stereocenters. The van der Waals surface area contributed by atoms with Crippen LogP contribution in [0.15, 0.2) is 0 Å². The van der Waals surface area contributed by atoms with E-state index in [-0.39, 0.29) is 17.3 Å². The molecule has 0 heterocycles. The zero-order chi connectivity index (χ0) is 16.8. The number of thioether (sulfide) groups is 1. The number of ether oxygens (including phenoxy) is 3. The second-order valence-electron chi connectivity index (χ2n) is 5.51. The average molecular weight is 353 g/mol. The molecule has 0 bridgehead atoms. The first-order chi connectivity index (χ1) is 10.5. The summed E-state index contributed by atoms with van der Waals surface area (Å²) < 4.78 is 16.2. The first kappa shape index (κ1) is 22.1. The lowest BCUT2D eigenvalue weighted by Crippen LogP contribution is -2.24. The highest BCUT2D eigenvalue weighted by Crippen LogP contribution is 2.17. The topological polar surface area (TPSA) is 44.8 Å². The molecule has 0 aromatic carbocycles. The predicted octanol–water partition coefficient (Wildman–Crippen LogP) is 3.44. The van der Waals surface area contributed by atoms with E-state index < -0.39 is 0 Å². The summed E-state index contributed by atoms with van der Waals surface area (Å²) >= 11 is 5.80. The maximum atomic E-state index is 11.9. The molecular weight excluding hydrogens is 320 g/mol. The highest BCUT2D eigenvalue weighted by atomic mass is 32.2. The lowest BCUT2D eigenvalue weighted by atomic mass is 10.1. The monoisotopic (exact) mass is 352 g/mol. The molecule has 0 rings (SSSR count). The largest absolute Gasteiger partial charge is 0.462 e. The van der Waals surface area contributed by atoms with Crippen LogP contribution < -0.4 is 0 Å². The van der Waals surface area contributed by atoms with Crippen LogP contribution in [-0.2, 0) is 19.0 Å². The van der Waals surface area contributed by atoms with E-state index in [1.807, 2.05) is 6.92 Å². The number of carbonyl (C=O) groups excluding carboxylic acids is 1. The summed E-state index contributed by atoms with van der Waals surface area (Å²) in [6.07, 6.45) is 1.36. The van der Waals surface area contributed by atoms with Crippen molar-refractivity contribution in [2.24, 2.45) is 5.92 Å². The summed E-state index contributed by atoms with van der Waals surface area (Å²) in [5.74, 6) is 1.89. The molecule has 0 aromatic rings. The molecule has 0 aliphatic rings. The Hall–Kier alpha value is 0.0900. The van der Waals surface area contributed by atoms with Crippen molar-refractivity contribution in [3.63, 3.8) is 0 Å². The summed E-state index contributed by atoms with van der Waals surface area (Å²) in [5, 5.41) is 0.251. The van der Waals surface area contributed by atoms with Crippen LogP contribution in [0.5, 0.6) is 0 Å². The van der Waals surface area contributed by atoms with E-state index in [0.29, 0.717) is 38.8 Å². The number of thiol groups is 1. The summed E-state index contributed by atoms with van der Waals surface area (Å²) in [5.41, 5.74) is 0. The smallest absolute Gasteiger partial charge is 0.307 e. The van der Waals surface area contributed by atoms with Crippen molar-refractivity contribution in [2.45, 2.75) is 51.9 Å². The zero-order valence-electron chi connectivity index (χ0n) is 14.4. The third-order valence-corrected chi connectivity index (χ3v) is 4.44. The zero-order valence-corrected chi connectivity index (χ0v) is 16.1. The Morgan fingerprint density at radius 1 is 1.09 bits per heavy atom. The molecule has 2 atom stereocenters. The number of hydrogen-bond acceptors (Lipinski definition) is 6. The summed E-state index contributed by atoms with van der Waals surface area (Å²) in [6.45, 7) is 10.8. The third-order valence-electron chi connectivity index (χ3n) is 3.12. The van der Waals surface area contributed by atoms with Gasteiger partial charge in [0.25, 0.3) is 0 Å². The van der Waals surface area contributed by atoms with Gasteiger partial charge in [0.1, 0.15) is 6.10 Å². The van der Waals surface area contributed by atoms with Crippen LogP contribution in [0.2, 0.25) is 0 Å². The summed E-state index contributed by atoms with van der Waals surface area (Å²) in [4.78, 5) is 11.9. The van der Waals surface area contributed by atoms with E-state index in [0.717, 1.165) is 17.9 Å². The Balaban J connectivity index is 3.60. The van der Waals surface area contributed by atoms with Gasteiger partial charge < -0.3 is 14.2 Å². The van der Waals surface area contributed by atoms with E-state index in [4.69, 9.17) is 14.2 Å². The molecule has 0 aromatic heterocycles. The van der Waals surface area contributed by atoms with Gasteiger partial charge in [-0.25, -0.2) is 0 Å². The lowest BCUT2D eigenvalue weighted by Gasteiger charge is -2.20. The van der Waals surface area contributed by atoms with E-state index in [1.54, 1.807) is 11.8 Å². The highest BCUT2D eigenvalue weighted by Gasteiger charge is 2.18. The van der Waals surface area contributed by atoms with Gasteiger partial charge >= 0.3 is 5.97 Å². The molecule has 0 aliphatic heterocycles. The first-order valence-corrected chi connectivity index (χ1v) is 9.76. The standard InChI is InChI=1S/C16H32O4S2/c1-5-15(13(2)3)20-16(17)12-14(4)22-11-9-19-7-6-18-8-10-21/h13-15,21H,5-12H2,1-4H3. The van der Waals surface area contributed by atoms with Gasteiger partial charge in [0.15, 0.2) is 0 Å². The quantitative estimate of drug-likeness (QED) is 0.295. The minimum atomic E-state index is -0.0957. The fourth-order valence-electron chi connectivity index (χ4n) is 1.90. The minimum absolute atomic E-state index is 0.0327. The number of esters is 1. The normalized spacial score (nSPS) is 14.1. The lowest BCUT2D eigenvalue weighted by molar-refractivity contribution is -0.151. The summed E-state index contributed by atoms with van der Waals surface area (Å²) in [6, 6.07) is 0. The van der Waals surface area contributed by atoms with Crippen molar-refractivity contribution in [2.75, 3.05) is 37.9 Å². The van der Waals surface area contributed by atoms with Crippen molar-refractivity contribution in [3.05, 3.63) is 0 Å². The van der Waals surface area contributed by atoms with Gasteiger partial charge in [-0.2, -0.15) is 24.4 Å². The molecule has 0 saturated heterocycles. The average Bonchev–Trinajstić information content (AvgIpc) is 2.47. The van der Waals surface area contributed by atoms with Crippen molar-refractivity contribution in [3.8, 4) is 0 Å². The highest BCUT2D eigenvalue weighted by molar-refractivity contribution is 7.99. The molecule has 0 spiro atoms. The van der Waals surface area contributed by atoms with E-state index >= 15 is 0 Å². The summed E-state index contributed by atoms with van der Waals surface area (Å²) in [7, 11) is 0. The van der Waals surface area contributed by atoms with Gasteiger partial charge in [-0.1, -0.05) is 27.7 Å². The van der Waals surface area contributed by atoms with Crippen LogP contribution in [0.3, 0.4) is 0 Å². The van der Waals surface area contributed by atoms with Crippen LogP contribution in [0.25, 0.3) is 0 Å². The molecule has 0 N–H and O–H groups in total. The van der Waals surface area contributed by atoms with Gasteiger partial charge in [0.2, 0.25) is 0 Å². The van der Waals surface area contributed by atoms with Crippen LogP contribution >= 0.6 is 24.4 Å². The van der Waals surface area contributed by atoms with Gasteiger partial charge in [0.05, 0.1) is 32.8 Å². The first-order valence-electron chi connectivity index (χ1n) is 8.08. The number of hydrogen-bond donors (Lipinski definition) is 1. The van der Waals surface area contributed by atoms with Crippen molar-refractivity contribution in [1.82, 2.24) is 0 Å². The molecular formula is C16H32O4S2. The molecule has 132 valence electrons. The van der Waals surface area contributed by atoms with Crippen LogP contribution in [0.1, 0.15) is 40.5 Å². The Kier molecular flexibility index (Phi) is 14.7. The van der Waals surface area contributed by atoms with Crippen LogP contribution in [0.4, 0.5) is 0 Å². The van der Waals surface area contributed by atoms with Crippen molar-refractivity contribution < 1.29 is 19.0 Å².